The van der Waals surface area contributed by atoms with Gasteiger partial charge in [0.15, 0.2) is 0 Å². The third-order valence-electron chi connectivity index (χ3n) is 4.55. The van der Waals surface area contributed by atoms with Gasteiger partial charge in [-0.25, -0.2) is 4.79 Å². The zero-order chi connectivity index (χ0) is 12.6. The second kappa shape index (κ2) is 4.32. The summed E-state index contributed by atoms with van der Waals surface area (Å²) in [6.07, 6.45) is 8.13. The van der Waals surface area contributed by atoms with Crippen LogP contribution in [0.2, 0.25) is 0 Å². The lowest BCUT2D eigenvalue weighted by Crippen LogP contribution is -2.02. The van der Waals surface area contributed by atoms with Gasteiger partial charge in [0.05, 0.1) is 0 Å². The number of hydrogen-bond donors (Lipinski definition) is 1. The van der Waals surface area contributed by atoms with E-state index >= 15 is 0 Å². The molecule has 0 aromatic rings. The van der Waals surface area contributed by atoms with Gasteiger partial charge in [0.1, 0.15) is 0 Å². The van der Waals surface area contributed by atoms with E-state index in [9.17, 15) is 9.90 Å². The van der Waals surface area contributed by atoms with Crippen LogP contribution >= 0.6 is 0 Å². The van der Waals surface area contributed by atoms with Gasteiger partial charge in [-0.2, -0.15) is 0 Å². The summed E-state index contributed by atoms with van der Waals surface area (Å²) in [4.78, 5) is 11.2. The van der Waals surface area contributed by atoms with Crippen molar-refractivity contribution in [3.8, 4) is 0 Å². The van der Waals surface area contributed by atoms with Crippen molar-refractivity contribution >= 4 is 5.97 Å². The molecule has 0 unspecified atom stereocenters. The molecular formula is C15H22O2. The van der Waals surface area contributed by atoms with E-state index in [1.807, 2.05) is 6.08 Å². The molecule has 1 fully saturated rings. The number of carboxylic acids is 1. The first kappa shape index (κ1) is 12.4. The maximum absolute atomic E-state index is 11.2. The molecule has 0 aromatic carbocycles. The highest BCUT2D eigenvalue weighted by Crippen LogP contribution is 2.61. The van der Waals surface area contributed by atoms with E-state index in [-0.39, 0.29) is 0 Å². The van der Waals surface area contributed by atoms with Crippen LogP contribution in [-0.4, -0.2) is 11.1 Å². The molecule has 17 heavy (non-hydrogen) atoms. The van der Waals surface area contributed by atoms with Crippen molar-refractivity contribution in [2.45, 2.75) is 46.5 Å². The van der Waals surface area contributed by atoms with Crippen molar-refractivity contribution in [1.82, 2.24) is 0 Å². The van der Waals surface area contributed by atoms with E-state index in [1.165, 1.54) is 18.4 Å². The van der Waals surface area contributed by atoms with E-state index in [0.29, 0.717) is 29.2 Å². The number of aliphatic carboxylic acids is 1. The van der Waals surface area contributed by atoms with Gasteiger partial charge in [-0.3, -0.25) is 0 Å². The lowest BCUT2D eigenvalue weighted by Gasteiger charge is -2.05. The summed E-state index contributed by atoms with van der Waals surface area (Å²) in [5.74, 6) is 0.399. The van der Waals surface area contributed by atoms with Crippen LogP contribution < -0.4 is 0 Å². The fourth-order valence-corrected chi connectivity index (χ4v) is 3.11. The first-order chi connectivity index (χ1) is 7.93. The normalized spacial score (nSPS) is 38.1. The topological polar surface area (TPSA) is 37.3 Å². The number of carbonyl (C=O) groups is 1. The number of fused-ring (bicyclic) bond motifs is 1. The highest BCUT2D eigenvalue weighted by atomic mass is 16.4. The van der Waals surface area contributed by atoms with E-state index in [1.54, 1.807) is 0 Å². The SMILES string of the molecule is C/C1=C\CC/C(C(=O)O)=C/[C@H]2[C@H](CC1)C2(C)C. The Kier molecular flexibility index (Phi) is 3.15. The second-order valence-corrected chi connectivity index (χ2v) is 6.08. The van der Waals surface area contributed by atoms with Gasteiger partial charge in [-0.15, -0.1) is 0 Å². The van der Waals surface area contributed by atoms with Gasteiger partial charge in [-0.1, -0.05) is 31.6 Å². The molecule has 0 saturated heterocycles. The van der Waals surface area contributed by atoms with Crippen molar-refractivity contribution in [3.05, 3.63) is 23.3 Å². The summed E-state index contributed by atoms with van der Waals surface area (Å²) in [5, 5.41) is 9.20. The minimum absolute atomic E-state index is 0.297. The van der Waals surface area contributed by atoms with Crippen molar-refractivity contribution in [3.63, 3.8) is 0 Å². The van der Waals surface area contributed by atoms with E-state index in [4.69, 9.17) is 0 Å². The van der Waals surface area contributed by atoms with Crippen LogP contribution in [0.15, 0.2) is 23.3 Å². The molecule has 0 aliphatic heterocycles. The fraction of sp³-hybridized carbons (Fsp3) is 0.667. The molecule has 2 rings (SSSR count). The predicted molar refractivity (Wildman–Crippen MR) is 68.7 cm³/mol. The summed E-state index contributed by atoms with van der Waals surface area (Å²) < 4.78 is 0. The molecule has 0 spiro atoms. The summed E-state index contributed by atoms with van der Waals surface area (Å²) in [7, 11) is 0. The number of rotatable bonds is 1. The van der Waals surface area contributed by atoms with Gasteiger partial charge in [0, 0.05) is 5.57 Å². The molecule has 0 amide bonds. The van der Waals surface area contributed by atoms with Crippen molar-refractivity contribution in [2.24, 2.45) is 17.3 Å². The van der Waals surface area contributed by atoms with E-state index < -0.39 is 5.97 Å². The Morgan fingerprint density at radius 2 is 2.12 bits per heavy atom. The van der Waals surface area contributed by atoms with Crippen molar-refractivity contribution in [2.75, 3.05) is 0 Å². The zero-order valence-electron chi connectivity index (χ0n) is 11.0. The highest BCUT2D eigenvalue weighted by Gasteiger charge is 2.55. The quantitative estimate of drug-likeness (QED) is 0.701. The molecule has 1 N–H and O–H groups in total. The lowest BCUT2D eigenvalue weighted by atomic mass is 10.0. The molecule has 2 nitrogen and oxygen atoms in total. The van der Waals surface area contributed by atoms with Gasteiger partial charge in [0.2, 0.25) is 0 Å². The largest absolute Gasteiger partial charge is 0.478 e. The Bertz CT molecular complexity index is 388. The Balaban J connectivity index is 2.22. The summed E-state index contributed by atoms with van der Waals surface area (Å²) >= 11 is 0. The molecule has 2 aliphatic carbocycles. The third kappa shape index (κ3) is 2.46. The fourth-order valence-electron chi connectivity index (χ4n) is 3.11. The first-order valence-electron chi connectivity index (χ1n) is 6.52. The molecule has 2 aliphatic rings. The molecule has 0 bridgehead atoms. The van der Waals surface area contributed by atoms with E-state index in [0.717, 1.165) is 6.42 Å². The van der Waals surface area contributed by atoms with Crippen LogP contribution in [-0.2, 0) is 4.79 Å². The monoisotopic (exact) mass is 234 g/mol. The molecule has 1 saturated carbocycles. The highest BCUT2D eigenvalue weighted by molar-refractivity contribution is 5.86. The summed E-state index contributed by atoms with van der Waals surface area (Å²) in [6, 6.07) is 0. The maximum Gasteiger partial charge on any atom is 0.331 e. The van der Waals surface area contributed by atoms with Gasteiger partial charge in [0.25, 0.3) is 0 Å². The Morgan fingerprint density at radius 1 is 1.41 bits per heavy atom. The molecule has 2 atom stereocenters. The van der Waals surface area contributed by atoms with Gasteiger partial charge in [-0.05, 0) is 49.9 Å². The molecular weight excluding hydrogens is 212 g/mol. The smallest absolute Gasteiger partial charge is 0.331 e. The van der Waals surface area contributed by atoms with Crippen LogP contribution in [0, 0.1) is 17.3 Å². The molecule has 0 radical (unpaired) electrons. The third-order valence-corrected chi connectivity index (χ3v) is 4.55. The number of hydrogen-bond acceptors (Lipinski definition) is 1. The van der Waals surface area contributed by atoms with E-state index in [2.05, 4.69) is 26.8 Å². The van der Waals surface area contributed by atoms with Crippen LogP contribution in [0.1, 0.15) is 46.5 Å². The Morgan fingerprint density at radius 3 is 2.76 bits per heavy atom. The maximum atomic E-state index is 11.2. The van der Waals surface area contributed by atoms with Crippen LogP contribution in [0.25, 0.3) is 0 Å². The molecule has 0 aromatic heterocycles. The average molecular weight is 234 g/mol. The second-order valence-electron chi connectivity index (χ2n) is 6.08. The zero-order valence-corrected chi connectivity index (χ0v) is 11.0. The predicted octanol–water partition coefficient (Wildman–Crippen LogP) is 3.79. The lowest BCUT2D eigenvalue weighted by molar-refractivity contribution is -0.132. The summed E-state index contributed by atoms with van der Waals surface area (Å²) in [6.45, 7) is 6.68. The van der Waals surface area contributed by atoms with Crippen LogP contribution in [0.4, 0.5) is 0 Å². The minimum Gasteiger partial charge on any atom is -0.478 e. The molecule has 0 heterocycles. The molecule has 94 valence electrons. The Hall–Kier alpha value is -1.05. The average Bonchev–Trinajstić information content (AvgIpc) is 2.76. The van der Waals surface area contributed by atoms with Crippen molar-refractivity contribution in [1.29, 1.82) is 0 Å². The van der Waals surface area contributed by atoms with Crippen LogP contribution in [0.5, 0.6) is 0 Å². The molecule has 2 heteroatoms. The number of carboxylic acid groups (broad SMARTS) is 1. The Labute approximate surface area is 103 Å². The van der Waals surface area contributed by atoms with Crippen LogP contribution in [0.3, 0.4) is 0 Å². The first-order valence-corrected chi connectivity index (χ1v) is 6.52. The minimum atomic E-state index is -0.738. The van der Waals surface area contributed by atoms with Gasteiger partial charge < -0.3 is 5.11 Å². The van der Waals surface area contributed by atoms with Gasteiger partial charge >= 0.3 is 5.97 Å². The number of allylic oxidation sites excluding steroid dienone is 3. The summed E-state index contributed by atoms with van der Waals surface area (Å²) in [5.41, 5.74) is 2.32. The standard InChI is InChI=1S/C15H22O2/c1-10-5-4-6-11(14(16)17)9-13-12(8-7-10)15(13,2)3/h5,9,12-13H,4,6-8H2,1-3H3,(H,16,17)/b10-5+,11-9-/t12-,13-/m0/s1. The van der Waals surface area contributed by atoms with Crippen molar-refractivity contribution < 1.29 is 9.90 Å².